The Morgan fingerprint density at radius 3 is 2.12 bits per heavy atom. The van der Waals surface area contributed by atoms with Crippen molar-refractivity contribution in [2.24, 2.45) is 0 Å². The van der Waals surface area contributed by atoms with Gasteiger partial charge in [0.25, 0.3) is 0 Å². The first-order valence-electron chi connectivity index (χ1n) is 5.52. The van der Waals surface area contributed by atoms with E-state index in [9.17, 15) is 5.11 Å². The lowest BCUT2D eigenvalue weighted by molar-refractivity contribution is 0.300. The van der Waals surface area contributed by atoms with Crippen LogP contribution < -0.4 is 0 Å². The number of thioether (sulfide) groups is 3. The van der Waals surface area contributed by atoms with Crippen molar-refractivity contribution in [2.75, 3.05) is 47.7 Å². The van der Waals surface area contributed by atoms with Gasteiger partial charge in [-0.1, -0.05) is 0 Å². The Balaban J connectivity index is 3.77. The Morgan fingerprint density at radius 2 is 1.59 bits per heavy atom. The molecule has 0 amide bonds. The van der Waals surface area contributed by atoms with Crippen molar-refractivity contribution >= 4 is 60.5 Å². The fourth-order valence-corrected chi connectivity index (χ4v) is 5.31. The van der Waals surface area contributed by atoms with Crippen molar-refractivity contribution in [3.8, 4) is 0 Å². The maximum atomic E-state index is 9.30. The Kier molecular flexibility index (Phi) is 15.5. The maximum absolute atomic E-state index is 9.30. The number of hydrogen-bond donors (Lipinski definition) is 4. The summed E-state index contributed by atoms with van der Waals surface area (Å²) >= 11 is 13.9. The second-order valence-corrected chi connectivity index (χ2v) is 8.06. The van der Waals surface area contributed by atoms with Crippen molar-refractivity contribution in [1.82, 2.24) is 0 Å². The van der Waals surface area contributed by atoms with Crippen LogP contribution in [0.5, 0.6) is 0 Å². The molecule has 0 rings (SSSR count). The number of thiol groups is 2. The molecule has 0 spiro atoms. The molecule has 2 nitrogen and oxygen atoms in total. The van der Waals surface area contributed by atoms with E-state index in [4.69, 9.17) is 5.11 Å². The average Bonchev–Trinajstić information content (AvgIpc) is 2.36. The number of aliphatic hydroxyl groups is 2. The van der Waals surface area contributed by atoms with Crippen LogP contribution in [-0.2, 0) is 0 Å². The van der Waals surface area contributed by atoms with Gasteiger partial charge in [-0.15, -0.1) is 0 Å². The topological polar surface area (TPSA) is 40.5 Å². The predicted octanol–water partition coefficient (Wildman–Crippen LogP) is 1.77. The molecule has 0 aromatic rings. The molecule has 0 bridgehead atoms. The van der Waals surface area contributed by atoms with Gasteiger partial charge in [0.05, 0.1) is 13.2 Å². The summed E-state index contributed by atoms with van der Waals surface area (Å²) in [7, 11) is 0. The molecular weight excluding hydrogens is 312 g/mol. The zero-order valence-electron chi connectivity index (χ0n) is 9.83. The smallest absolute Gasteiger partial charge is 0.0558 e. The quantitative estimate of drug-likeness (QED) is 0.323. The molecular formula is C10H22O2S5. The monoisotopic (exact) mass is 334 g/mol. The molecule has 2 N–H and O–H groups in total. The normalized spacial score (nSPS) is 14.8. The Bertz CT molecular complexity index is 146. The minimum Gasteiger partial charge on any atom is -0.396 e. The van der Waals surface area contributed by atoms with Crippen LogP contribution in [0.1, 0.15) is 0 Å². The summed E-state index contributed by atoms with van der Waals surface area (Å²) in [5.41, 5.74) is 0. The first-order chi connectivity index (χ1) is 8.28. The van der Waals surface area contributed by atoms with Gasteiger partial charge in [-0.25, -0.2) is 0 Å². The third-order valence-corrected chi connectivity index (χ3v) is 7.17. The van der Waals surface area contributed by atoms with E-state index in [2.05, 4.69) is 25.3 Å². The van der Waals surface area contributed by atoms with E-state index in [0.29, 0.717) is 5.25 Å². The van der Waals surface area contributed by atoms with Gasteiger partial charge in [0.2, 0.25) is 0 Å². The minimum atomic E-state index is 0.199. The van der Waals surface area contributed by atoms with Crippen molar-refractivity contribution in [2.45, 2.75) is 10.5 Å². The van der Waals surface area contributed by atoms with Crippen molar-refractivity contribution in [3.63, 3.8) is 0 Å². The van der Waals surface area contributed by atoms with Gasteiger partial charge in [0.15, 0.2) is 0 Å². The lowest BCUT2D eigenvalue weighted by Gasteiger charge is -2.20. The van der Waals surface area contributed by atoms with Crippen LogP contribution in [0.3, 0.4) is 0 Å². The van der Waals surface area contributed by atoms with E-state index in [-0.39, 0.29) is 18.5 Å². The van der Waals surface area contributed by atoms with E-state index < -0.39 is 0 Å². The molecule has 0 saturated heterocycles. The lowest BCUT2D eigenvalue weighted by Crippen LogP contribution is -2.20. The highest BCUT2D eigenvalue weighted by Crippen LogP contribution is 2.25. The first-order valence-corrected chi connectivity index (χ1v) is 10.0. The van der Waals surface area contributed by atoms with E-state index in [0.717, 1.165) is 34.5 Å². The standard InChI is InChI=1S/C10H22O2S5/c11-1-3-15-7-9(5-12)17-10(6-14)8-16-4-2-13/h9-14H,1-8H2. The van der Waals surface area contributed by atoms with Gasteiger partial charge < -0.3 is 10.2 Å². The number of hydrogen-bond acceptors (Lipinski definition) is 7. The summed E-state index contributed by atoms with van der Waals surface area (Å²) in [6.07, 6.45) is 0. The van der Waals surface area contributed by atoms with Crippen LogP contribution in [0.4, 0.5) is 0 Å². The fraction of sp³-hybridized carbons (Fsp3) is 1.00. The summed E-state index contributed by atoms with van der Waals surface area (Å²) < 4.78 is 0. The summed E-state index contributed by atoms with van der Waals surface area (Å²) in [4.78, 5) is 0. The first kappa shape index (κ1) is 18.7. The molecule has 0 aromatic carbocycles. The molecule has 104 valence electrons. The fourth-order valence-electron chi connectivity index (χ4n) is 1.10. The molecule has 0 fully saturated rings. The molecule has 2 unspecified atom stereocenters. The zero-order chi connectivity index (χ0) is 12.9. The second kappa shape index (κ2) is 14.1. The second-order valence-electron chi connectivity index (χ2n) is 3.34. The summed E-state index contributed by atoms with van der Waals surface area (Å²) in [5.74, 6) is 5.52. The molecule has 0 saturated carbocycles. The van der Waals surface area contributed by atoms with Crippen molar-refractivity contribution in [3.05, 3.63) is 0 Å². The molecule has 7 heteroatoms. The van der Waals surface area contributed by atoms with Crippen LogP contribution in [0, 0.1) is 0 Å². The zero-order valence-corrected chi connectivity index (χ0v) is 14.1. The molecule has 0 heterocycles. The third kappa shape index (κ3) is 11.2. The molecule has 0 aliphatic rings. The molecule has 0 radical (unpaired) electrons. The van der Waals surface area contributed by atoms with E-state index in [1.165, 1.54) is 0 Å². The summed E-state index contributed by atoms with van der Waals surface area (Å²) in [6, 6.07) is 0. The highest BCUT2D eigenvalue weighted by Gasteiger charge is 2.15. The summed E-state index contributed by atoms with van der Waals surface area (Å²) in [6.45, 7) is 0.409. The SMILES string of the molecule is OCCSCC(CO)SC(CS)CSCCS. The van der Waals surface area contributed by atoms with Gasteiger partial charge in [0, 0.05) is 39.3 Å². The third-order valence-electron chi connectivity index (χ3n) is 1.87. The average molecular weight is 335 g/mol. The van der Waals surface area contributed by atoms with Crippen LogP contribution >= 0.6 is 60.5 Å². The Morgan fingerprint density at radius 1 is 0.941 bits per heavy atom. The van der Waals surface area contributed by atoms with Crippen molar-refractivity contribution in [1.29, 1.82) is 0 Å². The van der Waals surface area contributed by atoms with Crippen molar-refractivity contribution < 1.29 is 10.2 Å². The van der Waals surface area contributed by atoms with Gasteiger partial charge in [0.1, 0.15) is 0 Å². The Labute approximate surface area is 128 Å². The number of aliphatic hydroxyl groups excluding tert-OH is 2. The minimum absolute atomic E-state index is 0.199. The molecule has 0 aromatic heterocycles. The number of rotatable bonds is 12. The lowest BCUT2D eigenvalue weighted by atomic mass is 10.5. The van der Waals surface area contributed by atoms with Crippen LogP contribution in [0.15, 0.2) is 0 Å². The Hall–Kier alpha value is 1.67. The van der Waals surface area contributed by atoms with Gasteiger partial charge in [-0.3, -0.25) is 0 Å². The highest BCUT2D eigenvalue weighted by molar-refractivity contribution is 8.05. The van der Waals surface area contributed by atoms with Crippen LogP contribution in [0.2, 0.25) is 0 Å². The predicted molar refractivity (Wildman–Crippen MR) is 91.7 cm³/mol. The molecule has 0 aliphatic carbocycles. The summed E-state index contributed by atoms with van der Waals surface area (Å²) in [5, 5.41) is 18.7. The highest BCUT2D eigenvalue weighted by atomic mass is 32.2. The van der Waals surface area contributed by atoms with Crippen LogP contribution in [-0.4, -0.2) is 68.4 Å². The van der Waals surface area contributed by atoms with Crippen LogP contribution in [0.25, 0.3) is 0 Å². The molecule has 0 aliphatic heterocycles. The maximum Gasteiger partial charge on any atom is 0.0558 e. The van der Waals surface area contributed by atoms with Gasteiger partial charge in [-0.2, -0.15) is 60.5 Å². The van der Waals surface area contributed by atoms with E-state index in [1.54, 1.807) is 11.8 Å². The molecule has 2 atom stereocenters. The van der Waals surface area contributed by atoms with Gasteiger partial charge >= 0.3 is 0 Å². The van der Waals surface area contributed by atoms with E-state index in [1.807, 2.05) is 23.5 Å². The van der Waals surface area contributed by atoms with Gasteiger partial charge in [-0.05, 0) is 5.75 Å². The largest absolute Gasteiger partial charge is 0.396 e. The molecule has 17 heavy (non-hydrogen) atoms. The van der Waals surface area contributed by atoms with E-state index >= 15 is 0 Å².